The second-order valence-corrected chi connectivity index (χ2v) is 6.23. The molecule has 3 rings (SSSR count). The monoisotopic (exact) mass is 369 g/mol. The third-order valence-corrected chi connectivity index (χ3v) is 4.41. The summed E-state index contributed by atoms with van der Waals surface area (Å²) in [6.45, 7) is 1.58. The molecule has 1 aliphatic rings. The summed E-state index contributed by atoms with van der Waals surface area (Å²) in [7, 11) is 1.94. The molecule has 2 aromatic rings. The van der Waals surface area contributed by atoms with Gasteiger partial charge >= 0.3 is 0 Å². The maximum absolute atomic E-state index is 12.4. The molecular formula is C17H21Cl2N3O2. The third kappa shape index (κ3) is 4.50. The molecule has 0 spiro atoms. The van der Waals surface area contributed by atoms with E-state index in [9.17, 15) is 4.79 Å². The standard InChI is InChI=1S/C17H20ClN3O2.ClH/c1-19-14-3-2-8-21(10-14)16(22)9-15-11-23-17(20-15)12-4-6-13(18)7-5-12;/h4-7,11,14,19H,2-3,8-10H2,1H3;1H. The summed E-state index contributed by atoms with van der Waals surface area (Å²) in [5.74, 6) is 0.608. The van der Waals surface area contributed by atoms with E-state index in [1.165, 1.54) is 0 Å². The van der Waals surface area contributed by atoms with Crippen molar-refractivity contribution >= 4 is 29.9 Å². The van der Waals surface area contributed by atoms with Crippen LogP contribution in [0.1, 0.15) is 18.5 Å². The first-order valence-electron chi connectivity index (χ1n) is 7.81. The van der Waals surface area contributed by atoms with Crippen LogP contribution in [-0.2, 0) is 11.2 Å². The molecule has 24 heavy (non-hydrogen) atoms. The van der Waals surface area contributed by atoms with Crippen molar-refractivity contribution in [2.75, 3.05) is 20.1 Å². The van der Waals surface area contributed by atoms with Gasteiger partial charge in [-0.1, -0.05) is 11.6 Å². The van der Waals surface area contributed by atoms with Crippen molar-refractivity contribution in [3.05, 3.63) is 41.2 Å². The van der Waals surface area contributed by atoms with Crippen molar-refractivity contribution in [3.63, 3.8) is 0 Å². The lowest BCUT2D eigenvalue weighted by Gasteiger charge is -2.32. The Kier molecular flexibility index (Phi) is 6.66. The molecule has 1 aromatic heterocycles. The molecule has 1 atom stereocenters. The van der Waals surface area contributed by atoms with Gasteiger partial charge in [-0.2, -0.15) is 0 Å². The van der Waals surface area contributed by atoms with Crippen LogP contribution in [0.3, 0.4) is 0 Å². The minimum absolute atomic E-state index is 0. The van der Waals surface area contributed by atoms with Crippen molar-refractivity contribution < 1.29 is 9.21 Å². The van der Waals surface area contributed by atoms with E-state index in [1.807, 2.05) is 24.1 Å². The normalized spacial score (nSPS) is 17.4. The second-order valence-electron chi connectivity index (χ2n) is 5.80. The highest BCUT2D eigenvalue weighted by Crippen LogP contribution is 2.21. The van der Waals surface area contributed by atoms with Gasteiger partial charge in [0.1, 0.15) is 6.26 Å². The van der Waals surface area contributed by atoms with Gasteiger partial charge < -0.3 is 14.6 Å². The van der Waals surface area contributed by atoms with E-state index >= 15 is 0 Å². The minimum atomic E-state index is 0. The first-order valence-corrected chi connectivity index (χ1v) is 8.19. The zero-order chi connectivity index (χ0) is 16.2. The average Bonchev–Trinajstić information content (AvgIpc) is 3.04. The van der Waals surface area contributed by atoms with Gasteiger partial charge in [-0.25, -0.2) is 4.98 Å². The first-order chi connectivity index (χ1) is 11.2. The number of benzene rings is 1. The average molecular weight is 370 g/mol. The lowest BCUT2D eigenvalue weighted by Crippen LogP contribution is -2.47. The maximum atomic E-state index is 12.4. The molecule has 0 saturated carbocycles. The fourth-order valence-corrected chi connectivity index (χ4v) is 2.95. The number of rotatable bonds is 4. The molecule has 7 heteroatoms. The van der Waals surface area contributed by atoms with E-state index in [2.05, 4.69) is 10.3 Å². The van der Waals surface area contributed by atoms with Gasteiger partial charge in [-0.3, -0.25) is 4.79 Å². The zero-order valence-electron chi connectivity index (χ0n) is 13.5. The molecule has 0 bridgehead atoms. The molecule has 0 radical (unpaired) electrons. The van der Waals surface area contributed by atoms with E-state index in [4.69, 9.17) is 16.0 Å². The van der Waals surface area contributed by atoms with E-state index in [-0.39, 0.29) is 24.7 Å². The van der Waals surface area contributed by atoms with Gasteiger partial charge in [0.05, 0.1) is 12.1 Å². The number of nitrogens with one attached hydrogen (secondary N) is 1. The Morgan fingerprint density at radius 3 is 2.88 bits per heavy atom. The number of hydrogen-bond acceptors (Lipinski definition) is 4. The number of piperidine rings is 1. The van der Waals surface area contributed by atoms with Gasteiger partial charge in [0, 0.05) is 29.7 Å². The highest BCUT2D eigenvalue weighted by atomic mass is 35.5. The number of likely N-dealkylation sites (tertiary alicyclic amines) is 1. The maximum Gasteiger partial charge on any atom is 0.228 e. The van der Waals surface area contributed by atoms with Crippen molar-refractivity contribution in [3.8, 4) is 11.5 Å². The third-order valence-electron chi connectivity index (χ3n) is 4.16. The smallest absolute Gasteiger partial charge is 0.228 e. The molecular weight excluding hydrogens is 349 g/mol. The molecule has 1 amide bonds. The van der Waals surface area contributed by atoms with E-state index in [1.54, 1.807) is 18.4 Å². The Labute approximate surface area is 152 Å². The Hall–Kier alpha value is -1.56. The molecule has 1 aliphatic heterocycles. The number of likely N-dealkylation sites (N-methyl/N-ethyl adjacent to an activating group) is 1. The molecule has 1 N–H and O–H groups in total. The predicted octanol–water partition coefficient (Wildman–Crippen LogP) is 3.17. The number of aromatic nitrogens is 1. The van der Waals surface area contributed by atoms with Crippen molar-refractivity contribution in [1.82, 2.24) is 15.2 Å². The van der Waals surface area contributed by atoms with E-state index in [0.29, 0.717) is 22.6 Å². The molecule has 1 saturated heterocycles. The van der Waals surface area contributed by atoms with Gasteiger partial charge in [-0.15, -0.1) is 12.4 Å². The molecule has 1 fully saturated rings. The van der Waals surface area contributed by atoms with Gasteiger partial charge in [0.2, 0.25) is 11.8 Å². The van der Waals surface area contributed by atoms with Crippen molar-refractivity contribution in [2.45, 2.75) is 25.3 Å². The summed E-state index contributed by atoms with van der Waals surface area (Å²) in [4.78, 5) is 18.7. The van der Waals surface area contributed by atoms with Crippen LogP contribution in [0.4, 0.5) is 0 Å². The largest absolute Gasteiger partial charge is 0.444 e. The minimum Gasteiger partial charge on any atom is -0.444 e. The van der Waals surface area contributed by atoms with Gasteiger partial charge in [0.25, 0.3) is 0 Å². The lowest BCUT2D eigenvalue weighted by atomic mass is 10.1. The Balaban J connectivity index is 0.00000208. The van der Waals surface area contributed by atoms with E-state index < -0.39 is 0 Å². The number of hydrogen-bond donors (Lipinski definition) is 1. The molecule has 5 nitrogen and oxygen atoms in total. The van der Waals surface area contributed by atoms with Crippen LogP contribution in [0.25, 0.3) is 11.5 Å². The Morgan fingerprint density at radius 2 is 2.17 bits per heavy atom. The second kappa shape index (κ2) is 8.51. The van der Waals surface area contributed by atoms with Crippen molar-refractivity contribution in [2.24, 2.45) is 0 Å². The highest BCUT2D eigenvalue weighted by Gasteiger charge is 2.23. The quantitative estimate of drug-likeness (QED) is 0.898. The number of oxazole rings is 1. The first kappa shape index (κ1) is 18.8. The van der Waals surface area contributed by atoms with Crippen LogP contribution < -0.4 is 5.32 Å². The summed E-state index contributed by atoms with van der Waals surface area (Å²) in [6.07, 6.45) is 3.98. The van der Waals surface area contributed by atoms with Crippen LogP contribution in [0.15, 0.2) is 34.9 Å². The summed E-state index contributed by atoms with van der Waals surface area (Å²) < 4.78 is 5.48. The molecule has 2 heterocycles. The molecule has 1 aromatic carbocycles. The number of carbonyl (C=O) groups excluding carboxylic acids is 1. The fraction of sp³-hybridized carbons (Fsp3) is 0.412. The van der Waals surface area contributed by atoms with Gasteiger partial charge in [-0.05, 0) is 44.2 Å². The molecule has 130 valence electrons. The van der Waals surface area contributed by atoms with Crippen LogP contribution >= 0.6 is 24.0 Å². The highest BCUT2D eigenvalue weighted by molar-refractivity contribution is 6.30. The number of nitrogens with zero attached hydrogens (tertiary/aromatic N) is 2. The topological polar surface area (TPSA) is 58.4 Å². The van der Waals surface area contributed by atoms with E-state index in [0.717, 1.165) is 31.5 Å². The van der Waals surface area contributed by atoms with Crippen LogP contribution in [0, 0.1) is 0 Å². The summed E-state index contributed by atoms with van der Waals surface area (Å²) in [6, 6.07) is 7.66. The molecule has 0 aliphatic carbocycles. The summed E-state index contributed by atoms with van der Waals surface area (Å²) >= 11 is 5.88. The van der Waals surface area contributed by atoms with Gasteiger partial charge in [0.15, 0.2) is 0 Å². The van der Waals surface area contributed by atoms with Crippen LogP contribution in [-0.4, -0.2) is 42.0 Å². The zero-order valence-corrected chi connectivity index (χ0v) is 15.1. The van der Waals surface area contributed by atoms with Crippen LogP contribution in [0.2, 0.25) is 5.02 Å². The fourth-order valence-electron chi connectivity index (χ4n) is 2.82. The summed E-state index contributed by atoms with van der Waals surface area (Å²) in [5.41, 5.74) is 1.51. The Morgan fingerprint density at radius 1 is 1.42 bits per heavy atom. The lowest BCUT2D eigenvalue weighted by molar-refractivity contribution is -0.131. The summed E-state index contributed by atoms with van der Waals surface area (Å²) in [5, 5.41) is 3.91. The Bertz CT molecular complexity index is 673. The number of halogens is 2. The SMILES string of the molecule is CNC1CCCN(C(=O)Cc2coc(-c3ccc(Cl)cc3)n2)C1.Cl. The number of amides is 1. The van der Waals surface area contributed by atoms with Crippen LogP contribution in [0.5, 0.6) is 0 Å². The molecule has 1 unspecified atom stereocenters. The van der Waals surface area contributed by atoms with Crippen molar-refractivity contribution in [1.29, 1.82) is 0 Å². The predicted molar refractivity (Wildman–Crippen MR) is 96.6 cm³/mol. The number of carbonyl (C=O) groups is 1.